The Bertz CT molecular complexity index is 459. The summed E-state index contributed by atoms with van der Waals surface area (Å²) in [5.74, 6) is -1.42. The van der Waals surface area contributed by atoms with Gasteiger partial charge in [-0.2, -0.15) is 0 Å². The van der Waals surface area contributed by atoms with Gasteiger partial charge in [-0.25, -0.2) is 8.78 Å². The molecule has 19 heavy (non-hydrogen) atoms. The number of amides is 1. The van der Waals surface area contributed by atoms with Crippen LogP contribution in [0.1, 0.15) is 23.2 Å². The number of rotatable bonds is 3. The molecule has 0 atom stereocenters. The van der Waals surface area contributed by atoms with Gasteiger partial charge in [-0.15, -0.1) is 0 Å². The maximum Gasteiger partial charge on any atom is 0.256 e. The Morgan fingerprint density at radius 1 is 1.37 bits per heavy atom. The third-order valence-corrected chi connectivity index (χ3v) is 3.50. The van der Waals surface area contributed by atoms with Gasteiger partial charge in [0.05, 0.1) is 5.56 Å². The monoisotopic (exact) mass is 268 g/mol. The maximum absolute atomic E-state index is 13.5. The molecule has 1 N–H and O–H groups in total. The van der Waals surface area contributed by atoms with E-state index in [0.29, 0.717) is 12.5 Å². The number of piperidine rings is 1. The fourth-order valence-electron chi connectivity index (χ4n) is 2.40. The van der Waals surface area contributed by atoms with Gasteiger partial charge >= 0.3 is 0 Å². The molecule has 1 heterocycles. The van der Waals surface area contributed by atoms with Crippen LogP contribution in [-0.4, -0.2) is 37.5 Å². The molecule has 1 aromatic carbocycles. The van der Waals surface area contributed by atoms with Crippen LogP contribution in [0.25, 0.3) is 0 Å². The average molecular weight is 268 g/mol. The standard InChI is InChI=1S/C14H18F2N2O/c1-18(9-10-4-6-17-7-5-10)14(19)12-3-2-11(15)8-13(12)16/h2-3,8,10,17H,4-7,9H2,1H3. The highest BCUT2D eigenvalue weighted by Gasteiger charge is 2.21. The van der Waals surface area contributed by atoms with Crippen molar-refractivity contribution in [3.63, 3.8) is 0 Å². The van der Waals surface area contributed by atoms with Gasteiger partial charge in [0.1, 0.15) is 11.6 Å². The summed E-state index contributed by atoms with van der Waals surface area (Å²) in [6, 6.07) is 3.05. The van der Waals surface area contributed by atoms with Gasteiger partial charge in [-0.05, 0) is 44.0 Å². The van der Waals surface area contributed by atoms with E-state index in [1.165, 1.54) is 11.0 Å². The molecule has 1 aromatic rings. The van der Waals surface area contributed by atoms with E-state index in [4.69, 9.17) is 0 Å². The number of hydrogen-bond acceptors (Lipinski definition) is 2. The first-order valence-electron chi connectivity index (χ1n) is 6.49. The molecule has 104 valence electrons. The molecular formula is C14H18F2N2O. The second kappa shape index (κ2) is 6.10. The first kappa shape index (κ1) is 13.9. The average Bonchev–Trinajstić information content (AvgIpc) is 2.39. The minimum absolute atomic E-state index is 0.0714. The topological polar surface area (TPSA) is 32.3 Å². The van der Waals surface area contributed by atoms with E-state index in [1.54, 1.807) is 7.05 Å². The highest BCUT2D eigenvalue weighted by molar-refractivity contribution is 5.94. The van der Waals surface area contributed by atoms with E-state index in [2.05, 4.69) is 5.32 Å². The largest absolute Gasteiger partial charge is 0.341 e. The fraction of sp³-hybridized carbons (Fsp3) is 0.500. The minimum atomic E-state index is -0.804. The van der Waals surface area contributed by atoms with E-state index >= 15 is 0 Å². The molecule has 1 saturated heterocycles. The number of halogens is 2. The van der Waals surface area contributed by atoms with Crippen LogP contribution in [0.2, 0.25) is 0 Å². The summed E-state index contributed by atoms with van der Waals surface area (Å²) in [5, 5.41) is 3.26. The first-order chi connectivity index (χ1) is 9.08. The van der Waals surface area contributed by atoms with Crippen molar-refractivity contribution in [1.82, 2.24) is 10.2 Å². The Hall–Kier alpha value is -1.49. The molecule has 1 amide bonds. The highest BCUT2D eigenvalue weighted by Crippen LogP contribution is 2.16. The van der Waals surface area contributed by atoms with Crippen molar-refractivity contribution in [2.75, 3.05) is 26.7 Å². The summed E-state index contributed by atoms with van der Waals surface area (Å²) >= 11 is 0. The zero-order chi connectivity index (χ0) is 13.8. The van der Waals surface area contributed by atoms with E-state index < -0.39 is 17.5 Å². The van der Waals surface area contributed by atoms with Gasteiger partial charge in [0.25, 0.3) is 5.91 Å². The van der Waals surface area contributed by atoms with E-state index in [0.717, 1.165) is 38.1 Å². The molecule has 0 bridgehead atoms. The van der Waals surface area contributed by atoms with Crippen molar-refractivity contribution in [1.29, 1.82) is 0 Å². The Balaban J connectivity index is 2.01. The van der Waals surface area contributed by atoms with Crippen LogP contribution in [0.3, 0.4) is 0 Å². The quantitative estimate of drug-likeness (QED) is 0.910. The number of nitrogens with zero attached hydrogens (tertiary/aromatic N) is 1. The van der Waals surface area contributed by atoms with Gasteiger partial charge < -0.3 is 10.2 Å². The van der Waals surface area contributed by atoms with Crippen molar-refractivity contribution >= 4 is 5.91 Å². The van der Waals surface area contributed by atoms with E-state index in [9.17, 15) is 13.6 Å². The summed E-state index contributed by atoms with van der Waals surface area (Å²) in [5.41, 5.74) is -0.0714. The minimum Gasteiger partial charge on any atom is -0.341 e. The predicted octanol–water partition coefficient (Wildman–Crippen LogP) is 2.04. The lowest BCUT2D eigenvalue weighted by molar-refractivity contribution is 0.0758. The summed E-state index contributed by atoms with van der Waals surface area (Å²) in [7, 11) is 1.66. The van der Waals surface area contributed by atoms with Gasteiger partial charge in [0.15, 0.2) is 0 Å². The van der Waals surface area contributed by atoms with Gasteiger partial charge in [0, 0.05) is 19.7 Å². The Kier molecular flexibility index (Phi) is 4.47. The summed E-state index contributed by atoms with van der Waals surface area (Å²) in [4.78, 5) is 13.6. The van der Waals surface area contributed by atoms with E-state index in [1.807, 2.05) is 0 Å². The molecule has 3 nitrogen and oxygen atoms in total. The summed E-state index contributed by atoms with van der Waals surface area (Å²) < 4.78 is 26.4. The second-order valence-corrected chi connectivity index (χ2v) is 5.00. The Labute approximate surface area is 111 Å². The molecule has 1 fully saturated rings. The lowest BCUT2D eigenvalue weighted by Gasteiger charge is -2.27. The number of carbonyl (C=O) groups excluding carboxylic acids is 1. The number of hydrogen-bond donors (Lipinski definition) is 1. The number of benzene rings is 1. The predicted molar refractivity (Wildman–Crippen MR) is 68.9 cm³/mol. The van der Waals surface area contributed by atoms with Crippen LogP contribution in [-0.2, 0) is 0 Å². The van der Waals surface area contributed by atoms with Crippen LogP contribution < -0.4 is 5.32 Å². The molecule has 0 aliphatic carbocycles. The molecule has 2 rings (SSSR count). The van der Waals surface area contributed by atoms with Crippen LogP contribution in [0.4, 0.5) is 8.78 Å². The lowest BCUT2D eigenvalue weighted by Crippen LogP contribution is -2.37. The zero-order valence-corrected chi connectivity index (χ0v) is 11.0. The van der Waals surface area contributed by atoms with Crippen molar-refractivity contribution in [2.24, 2.45) is 5.92 Å². The Morgan fingerprint density at radius 2 is 2.05 bits per heavy atom. The van der Waals surface area contributed by atoms with Crippen molar-refractivity contribution in [2.45, 2.75) is 12.8 Å². The maximum atomic E-state index is 13.5. The molecular weight excluding hydrogens is 250 g/mol. The van der Waals surface area contributed by atoms with Gasteiger partial charge in [-0.1, -0.05) is 0 Å². The molecule has 5 heteroatoms. The molecule has 0 spiro atoms. The summed E-state index contributed by atoms with van der Waals surface area (Å²) in [6.45, 7) is 2.52. The molecule has 1 aliphatic rings. The smallest absolute Gasteiger partial charge is 0.256 e. The molecule has 0 aromatic heterocycles. The lowest BCUT2D eigenvalue weighted by atomic mass is 9.97. The normalized spacial score (nSPS) is 16.4. The zero-order valence-electron chi connectivity index (χ0n) is 11.0. The third kappa shape index (κ3) is 3.50. The number of nitrogens with one attached hydrogen (secondary N) is 1. The van der Waals surface area contributed by atoms with Crippen molar-refractivity contribution in [3.05, 3.63) is 35.4 Å². The fourth-order valence-corrected chi connectivity index (χ4v) is 2.40. The third-order valence-electron chi connectivity index (χ3n) is 3.50. The highest BCUT2D eigenvalue weighted by atomic mass is 19.1. The first-order valence-corrected chi connectivity index (χ1v) is 6.49. The number of carbonyl (C=O) groups is 1. The van der Waals surface area contributed by atoms with Crippen molar-refractivity contribution < 1.29 is 13.6 Å². The van der Waals surface area contributed by atoms with Gasteiger partial charge in [-0.3, -0.25) is 4.79 Å². The molecule has 1 aliphatic heterocycles. The molecule has 0 unspecified atom stereocenters. The second-order valence-electron chi connectivity index (χ2n) is 5.00. The van der Waals surface area contributed by atoms with E-state index in [-0.39, 0.29) is 5.56 Å². The van der Waals surface area contributed by atoms with Crippen LogP contribution >= 0.6 is 0 Å². The summed E-state index contributed by atoms with van der Waals surface area (Å²) in [6.07, 6.45) is 2.03. The van der Waals surface area contributed by atoms with Crippen LogP contribution in [0.5, 0.6) is 0 Å². The van der Waals surface area contributed by atoms with Crippen molar-refractivity contribution in [3.8, 4) is 0 Å². The van der Waals surface area contributed by atoms with Crippen LogP contribution in [0.15, 0.2) is 18.2 Å². The molecule has 0 saturated carbocycles. The van der Waals surface area contributed by atoms with Gasteiger partial charge in [0.2, 0.25) is 0 Å². The van der Waals surface area contributed by atoms with Crippen LogP contribution in [0, 0.1) is 17.6 Å². The molecule has 0 radical (unpaired) electrons. The SMILES string of the molecule is CN(CC1CCNCC1)C(=O)c1ccc(F)cc1F. The Morgan fingerprint density at radius 3 is 2.68 bits per heavy atom.